The number of nitrogens with zero attached hydrogens (tertiary/aromatic N) is 4. The summed E-state index contributed by atoms with van der Waals surface area (Å²) in [5, 5.41) is 9.53. The zero-order valence-electron chi connectivity index (χ0n) is 19.6. The van der Waals surface area contributed by atoms with Gasteiger partial charge in [-0.05, 0) is 48.0 Å². The van der Waals surface area contributed by atoms with Crippen LogP contribution in [-0.4, -0.2) is 62.8 Å². The summed E-state index contributed by atoms with van der Waals surface area (Å²) in [4.78, 5) is 20.5. The van der Waals surface area contributed by atoms with Gasteiger partial charge in [-0.2, -0.15) is 10.2 Å². The number of methoxy groups -OCH3 is 2. The first kappa shape index (κ1) is 23.7. The molecular formula is C26H26N4O5. The Labute approximate surface area is 203 Å². The number of hydrogen-bond acceptors (Lipinski definition) is 8. The zero-order chi connectivity index (χ0) is 24.6. The van der Waals surface area contributed by atoms with Gasteiger partial charge in [0.2, 0.25) is 17.5 Å². The molecule has 0 atom stereocenters. The normalized spacial score (nSPS) is 13.5. The average Bonchev–Trinajstić information content (AvgIpc) is 3.34. The smallest absolute Gasteiger partial charge is 0.260 e. The van der Waals surface area contributed by atoms with Crippen molar-refractivity contribution in [3.63, 3.8) is 0 Å². The van der Waals surface area contributed by atoms with Crippen LogP contribution in [0, 0.1) is 11.3 Å². The lowest BCUT2D eigenvalue weighted by molar-refractivity contribution is -0.133. The molecular weight excluding hydrogens is 448 g/mol. The lowest BCUT2D eigenvalue weighted by Gasteiger charge is -2.34. The summed E-state index contributed by atoms with van der Waals surface area (Å²) in [6, 6.07) is 16.7. The number of anilines is 1. The van der Waals surface area contributed by atoms with Crippen molar-refractivity contribution in [2.45, 2.75) is 0 Å². The van der Waals surface area contributed by atoms with Gasteiger partial charge in [0.05, 0.1) is 14.2 Å². The van der Waals surface area contributed by atoms with Crippen molar-refractivity contribution in [2.24, 2.45) is 0 Å². The molecule has 0 spiro atoms. The fraction of sp³-hybridized carbons (Fsp3) is 0.269. The maximum absolute atomic E-state index is 12.6. The number of amides is 1. The Morgan fingerprint density at radius 1 is 0.971 bits per heavy atom. The van der Waals surface area contributed by atoms with Crippen molar-refractivity contribution in [1.82, 2.24) is 9.88 Å². The molecule has 1 aliphatic rings. The number of carbonyl (C=O) groups is 1. The Bertz CT molecular complexity index is 1200. The molecule has 0 N–H and O–H groups in total. The van der Waals surface area contributed by atoms with Crippen molar-refractivity contribution in [1.29, 1.82) is 5.26 Å². The maximum Gasteiger partial charge on any atom is 0.260 e. The van der Waals surface area contributed by atoms with E-state index in [1.165, 1.54) is 0 Å². The highest BCUT2D eigenvalue weighted by Crippen LogP contribution is 2.25. The Morgan fingerprint density at radius 2 is 1.57 bits per heavy atom. The summed E-state index contributed by atoms with van der Waals surface area (Å²) in [6.07, 6.45) is 3.58. The quantitative estimate of drug-likeness (QED) is 0.489. The van der Waals surface area contributed by atoms with Crippen LogP contribution in [0.5, 0.6) is 17.2 Å². The molecule has 35 heavy (non-hydrogen) atoms. The minimum atomic E-state index is -0.0957. The van der Waals surface area contributed by atoms with E-state index in [2.05, 4.69) is 11.1 Å². The van der Waals surface area contributed by atoms with E-state index in [9.17, 15) is 10.1 Å². The molecule has 2 aromatic carbocycles. The second-order valence-electron chi connectivity index (χ2n) is 7.76. The summed E-state index contributed by atoms with van der Waals surface area (Å²) in [5.41, 5.74) is 1.18. The highest BCUT2D eigenvalue weighted by atomic mass is 16.5. The number of carbonyl (C=O) groups excluding carboxylic acids is 1. The predicted octanol–water partition coefficient (Wildman–Crippen LogP) is 3.46. The van der Waals surface area contributed by atoms with Crippen molar-refractivity contribution in [3.05, 3.63) is 65.7 Å². The molecule has 9 nitrogen and oxygen atoms in total. The summed E-state index contributed by atoms with van der Waals surface area (Å²) in [6.45, 7) is 2.00. The van der Waals surface area contributed by atoms with Gasteiger partial charge in [-0.3, -0.25) is 4.79 Å². The monoisotopic (exact) mass is 474 g/mol. The van der Waals surface area contributed by atoms with Crippen LogP contribution in [0.1, 0.15) is 17.1 Å². The van der Waals surface area contributed by atoms with Gasteiger partial charge in [0, 0.05) is 32.3 Å². The maximum atomic E-state index is 12.6. The highest BCUT2D eigenvalue weighted by Gasteiger charge is 2.26. The Kier molecular flexibility index (Phi) is 7.53. The van der Waals surface area contributed by atoms with Gasteiger partial charge in [0.25, 0.3) is 5.91 Å². The van der Waals surface area contributed by atoms with E-state index < -0.39 is 0 Å². The lowest BCUT2D eigenvalue weighted by Crippen LogP contribution is -2.50. The van der Waals surface area contributed by atoms with Gasteiger partial charge in [-0.15, -0.1) is 0 Å². The number of nitriles is 1. The fourth-order valence-corrected chi connectivity index (χ4v) is 3.64. The van der Waals surface area contributed by atoms with Gasteiger partial charge in [-0.25, -0.2) is 0 Å². The van der Waals surface area contributed by atoms with Crippen LogP contribution < -0.4 is 19.1 Å². The summed E-state index contributed by atoms with van der Waals surface area (Å²) in [7, 11) is 3.21. The molecule has 180 valence electrons. The molecule has 1 aliphatic heterocycles. The second kappa shape index (κ2) is 11.1. The number of aromatic nitrogens is 1. The molecule has 0 bridgehead atoms. The molecule has 3 aromatic rings. The van der Waals surface area contributed by atoms with Crippen molar-refractivity contribution in [2.75, 3.05) is 51.9 Å². The summed E-state index contributed by atoms with van der Waals surface area (Å²) < 4.78 is 21.8. The van der Waals surface area contributed by atoms with Crippen LogP contribution in [0.4, 0.5) is 5.88 Å². The third kappa shape index (κ3) is 5.92. The fourth-order valence-electron chi connectivity index (χ4n) is 3.64. The van der Waals surface area contributed by atoms with Gasteiger partial charge < -0.3 is 28.4 Å². The Balaban J connectivity index is 1.32. The van der Waals surface area contributed by atoms with Gasteiger partial charge >= 0.3 is 0 Å². The average molecular weight is 475 g/mol. The third-order valence-electron chi connectivity index (χ3n) is 5.61. The standard InChI is InChI=1S/C26H26N4O5/c1-32-20-6-3-19(4-7-20)5-12-24-28-23(17-27)26(35-24)30-15-13-29(14-16-30)25(31)18-34-22-10-8-21(33-2)9-11-22/h3-12H,13-16,18H2,1-2H3/b12-5+. The van der Waals surface area contributed by atoms with E-state index >= 15 is 0 Å². The van der Waals surface area contributed by atoms with Crippen LogP contribution in [0.15, 0.2) is 52.9 Å². The molecule has 0 saturated carbocycles. The van der Waals surface area contributed by atoms with Crippen molar-refractivity contribution >= 4 is 23.9 Å². The lowest BCUT2D eigenvalue weighted by atomic mass is 10.2. The van der Waals surface area contributed by atoms with E-state index in [1.807, 2.05) is 35.2 Å². The molecule has 0 unspecified atom stereocenters. The van der Waals surface area contributed by atoms with Crippen LogP contribution in [0.25, 0.3) is 12.2 Å². The van der Waals surface area contributed by atoms with E-state index in [0.717, 1.165) is 17.1 Å². The topological polar surface area (TPSA) is 101 Å². The number of rotatable bonds is 8. The molecule has 1 amide bonds. The SMILES string of the molecule is COc1ccc(/C=C/c2nc(C#N)c(N3CCN(C(=O)COc4ccc(OC)cc4)CC3)o2)cc1. The molecule has 0 aliphatic carbocycles. The largest absolute Gasteiger partial charge is 0.497 e. The van der Waals surface area contributed by atoms with Crippen LogP contribution >= 0.6 is 0 Å². The molecule has 1 saturated heterocycles. The third-order valence-corrected chi connectivity index (χ3v) is 5.61. The predicted molar refractivity (Wildman–Crippen MR) is 130 cm³/mol. The first-order chi connectivity index (χ1) is 17.1. The minimum absolute atomic E-state index is 0.0433. The second-order valence-corrected chi connectivity index (χ2v) is 7.76. The van der Waals surface area contributed by atoms with Gasteiger partial charge in [-0.1, -0.05) is 12.1 Å². The minimum Gasteiger partial charge on any atom is -0.497 e. The number of hydrogen-bond donors (Lipinski definition) is 0. The summed E-state index contributed by atoms with van der Waals surface area (Å²) in [5.74, 6) is 2.78. The molecule has 2 heterocycles. The van der Waals surface area contributed by atoms with Crippen molar-refractivity contribution < 1.29 is 23.4 Å². The number of oxazole rings is 1. The van der Waals surface area contributed by atoms with Gasteiger partial charge in [0.15, 0.2) is 6.61 Å². The molecule has 4 rings (SSSR count). The van der Waals surface area contributed by atoms with E-state index in [0.29, 0.717) is 43.7 Å². The number of piperazine rings is 1. The first-order valence-electron chi connectivity index (χ1n) is 11.1. The summed E-state index contributed by atoms with van der Waals surface area (Å²) >= 11 is 0. The molecule has 1 aromatic heterocycles. The van der Waals surface area contributed by atoms with Crippen molar-refractivity contribution in [3.8, 4) is 23.3 Å². The zero-order valence-corrected chi connectivity index (χ0v) is 19.6. The molecule has 1 fully saturated rings. The van der Waals surface area contributed by atoms with E-state index in [1.54, 1.807) is 49.5 Å². The Morgan fingerprint density at radius 3 is 2.17 bits per heavy atom. The molecule has 0 radical (unpaired) electrons. The van der Waals surface area contributed by atoms with E-state index in [-0.39, 0.29) is 18.2 Å². The first-order valence-corrected chi connectivity index (χ1v) is 11.1. The number of benzene rings is 2. The van der Waals surface area contributed by atoms with Gasteiger partial charge in [0.1, 0.15) is 23.3 Å². The Hall–Kier alpha value is -4.45. The molecule has 9 heteroatoms. The van der Waals surface area contributed by atoms with Crippen LogP contribution in [0.3, 0.4) is 0 Å². The highest BCUT2D eigenvalue weighted by molar-refractivity contribution is 5.78. The van der Waals surface area contributed by atoms with Crippen LogP contribution in [-0.2, 0) is 4.79 Å². The number of ether oxygens (including phenoxy) is 3. The van der Waals surface area contributed by atoms with Crippen LogP contribution in [0.2, 0.25) is 0 Å². The van der Waals surface area contributed by atoms with E-state index in [4.69, 9.17) is 18.6 Å².